The minimum absolute atomic E-state index is 0.159. The van der Waals surface area contributed by atoms with Crippen LogP contribution in [0.15, 0.2) is 0 Å². The van der Waals surface area contributed by atoms with Gasteiger partial charge in [-0.2, -0.15) is 0 Å². The van der Waals surface area contributed by atoms with Gasteiger partial charge in [-0.15, -0.1) is 0 Å². The van der Waals surface area contributed by atoms with Crippen molar-refractivity contribution < 1.29 is 4.79 Å². The third kappa shape index (κ3) is 6.39. The molecule has 0 aliphatic heterocycles. The fourth-order valence-corrected chi connectivity index (χ4v) is 2.75. The molecule has 3 heteroatoms. The minimum atomic E-state index is 0.159. The normalized spacial score (nSPS) is 24.2. The van der Waals surface area contributed by atoms with Crippen LogP contribution in [0.3, 0.4) is 0 Å². The Labute approximate surface area is 112 Å². The lowest BCUT2D eigenvalue weighted by Gasteiger charge is -2.27. The van der Waals surface area contributed by atoms with Crippen molar-refractivity contribution in [2.75, 3.05) is 13.1 Å². The van der Waals surface area contributed by atoms with Crippen LogP contribution in [-0.2, 0) is 4.79 Å². The lowest BCUT2D eigenvalue weighted by atomic mass is 9.81. The van der Waals surface area contributed by atoms with Crippen LogP contribution in [-0.4, -0.2) is 25.0 Å². The van der Waals surface area contributed by atoms with Gasteiger partial charge in [-0.25, -0.2) is 0 Å². The molecule has 18 heavy (non-hydrogen) atoms. The van der Waals surface area contributed by atoms with E-state index in [4.69, 9.17) is 0 Å². The van der Waals surface area contributed by atoms with Crippen LogP contribution in [0.5, 0.6) is 0 Å². The fraction of sp³-hybridized carbons (Fsp3) is 0.933. The summed E-state index contributed by atoms with van der Waals surface area (Å²) >= 11 is 0. The van der Waals surface area contributed by atoms with Gasteiger partial charge in [-0.1, -0.05) is 26.2 Å². The van der Waals surface area contributed by atoms with Gasteiger partial charge in [-0.3, -0.25) is 4.79 Å². The van der Waals surface area contributed by atoms with E-state index in [1.54, 1.807) is 0 Å². The van der Waals surface area contributed by atoms with Crippen molar-refractivity contribution in [1.82, 2.24) is 10.6 Å². The summed E-state index contributed by atoms with van der Waals surface area (Å²) in [7, 11) is 0. The Morgan fingerprint density at radius 1 is 1.17 bits per heavy atom. The Balaban J connectivity index is 2.00. The summed E-state index contributed by atoms with van der Waals surface area (Å²) in [6.45, 7) is 8.20. The Kier molecular flexibility index (Phi) is 7.33. The molecule has 0 spiro atoms. The lowest BCUT2D eigenvalue weighted by Crippen LogP contribution is -2.34. The van der Waals surface area contributed by atoms with E-state index in [-0.39, 0.29) is 11.9 Å². The first kappa shape index (κ1) is 15.5. The van der Waals surface area contributed by atoms with Crippen LogP contribution in [0.1, 0.15) is 59.3 Å². The molecule has 1 fully saturated rings. The van der Waals surface area contributed by atoms with Gasteiger partial charge in [0.15, 0.2) is 0 Å². The molecular formula is C15H30N2O. The van der Waals surface area contributed by atoms with Gasteiger partial charge in [0.1, 0.15) is 0 Å². The number of carbonyl (C=O) groups is 1. The molecule has 3 nitrogen and oxygen atoms in total. The molecule has 2 N–H and O–H groups in total. The van der Waals surface area contributed by atoms with E-state index in [9.17, 15) is 4.79 Å². The van der Waals surface area contributed by atoms with Crippen molar-refractivity contribution in [3.63, 3.8) is 0 Å². The maximum atomic E-state index is 11.4. The topological polar surface area (TPSA) is 41.1 Å². The first-order chi connectivity index (χ1) is 8.61. The van der Waals surface area contributed by atoms with Gasteiger partial charge in [-0.05, 0) is 45.1 Å². The number of rotatable bonds is 7. The standard InChI is InChI=1S/C15H30N2O/c1-4-13-5-7-14(8-6-13)11-16-10-9-15(18)17-12(2)3/h12-14,16H,4-11H2,1-3H3,(H,17,18). The second-order valence-electron chi connectivity index (χ2n) is 5.97. The number of hydrogen-bond donors (Lipinski definition) is 2. The van der Waals surface area contributed by atoms with Crippen LogP contribution in [0.2, 0.25) is 0 Å². The number of carbonyl (C=O) groups excluding carboxylic acids is 1. The molecule has 0 saturated heterocycles. The fourth-order valence-electron chi connectivity index (χ4n) is 2.75. The molecule has 0 aromatic carbocycles. The van der Waals surface area contributed by atoms with Crippen LogP contribution in [0, 0.1) is 11.8 Å². The Morgan fingerprint density at radius 3 is 2.33 bits per heavy atom. The predicted octanol–water partition coefficient (Wildman–Crippen LogP) is 2.71. The lowest BCUT2D eigenvalue weighted by molar-refractivity contribution is -0.121. The van der Waals surface area contributed by atoms with Gasteiger partial charge in [0.2, 0.25) is 5.91 Å². The molecule has 0 atom stereocenters. The molecule has 1 saturated carbocycles. The zero-order chi connectivity index (χ0) is 13.4. The summed E-state index contributed by atoms with van der Waals surface area (Å²) in [4.78, 5) is 11.4. The quantitative estimate of drug-likeness (QED) is 0.686. The van der Waals surface area contributed by atoms with Crippen LogP contribution in [0.25, 0.3) is 0 Å². The molecule has 0 aromatic rings. The zero-order valence-electron chi connectivity index (χ0n) is 12.3. The van der Waals surface area contributed by atoms with Crippen LogP contribution in [0.4, 0.5) is 0 Å². The third-order valence-corrected chi connectivity index (χ3v) is 3.96. The molecular weight excluding hydrogens is 224 g/mol. The molecule has 0 heterocycles. The van der Waals surface area contributed by atoms with Crippen molar-refractivity contribution in [2.24, 2.45) is 11.8 Å². The maximum absolute atomic E-state index is 11.4. The highest BCUT2D eigenvalue weighted by molar-refractivity contribution is 5.76. The molecule has 1 aliphatic rings. The summed E-state index contributed by atoms with van der Waals surface area (Å²) in [5, 5.41) is 6.35. The smallest absolute Gasteiger partial charge is 0.221 e. The average molecular weight is 254 g/mol. The van der Waals surface area contributed by atoms with Crippen molar-refractivity contribution in [3.8, 4) is 0 Å². The molecule has 0 radical (unpaired) electrons. The van der Waals surface area contributed by atoms with Crippen LogP contribution >= 0.6 is 0 Å². The second-order valence-corrected chi connectivity index (χ2v) is 5.97. The first-order valence-corrected chi connectivity index (χ1v) is 7.61. The van der Waals surface area contributed by atoms with Gasteiger partial charge >= 0.3 is 0 Å². The highest BCUT2D eigenvalue weighted by Crippen LogP contribution is 2.29. The maximum Gasteiger partial charge on any atom is 0.221 e. The van der Waals surface area contributed by atoms with E-state index in [1.807, 2.05) is 13.8 Å². The molecule has 1 amide bonds. The minimum Gasteiger partial charge on any atom is -0.354 e. The SMILES string of the molecule is CCC1CCC(CNCCC(=O)NC(C)C)CC1. The molecule has 0 bridgehead atoms. The molecule has 1 rings (SSSR count). The Morgan fingerprint density at radius 2 is 1.78 bits per heavy atom. The van der Waals surface area contributed by atoms with Crippen molar-refractivity contribution in [3.05, 3.63) is 0 Å². The largest absolute Gasteiger partial charge is 0.354 e. The van der Waals surface area contributed by atoms with Gasteiger partial charge in [0.05, 0.1) is 0 Å². The van der Waals surface area contributed by atoms with Gasteiger partial charge < -0.3 is 10.6 Å². The monoisotopic (exact) mass is 254 g/mol. The molecule has 0 unspecified atom stereocenters. The highest BCUT2D eigenvalue weighted by atomic mass is 16.1. The van der Waals surface area contributed by atoms with Crippen molar-refractivity contribution in [2.45, 2.75) is 65.3 Å². The predicted molar refractivity (Wildman–Crippen MR) is 76.5 cm³/mol. The van der Waals surface area contributed by atoms with Crippen molar-refractivity contribution >= 4 is 5.91 Å². The zero-order valence-corrected chi connectivity index (χ0v) is 12.3. The van der Waals surface area contributed by atoms with E-state index in [0.29, 0.717) is 6.42 Å². The first-order valence-electron chi connectivity index (χ1n) is 7.61. The van der Waals surface area contributed by atoms with E-state index in [2.05, 4.69) is 17.6 Å². The summed E-state index contributed by atoms with van der Waals surface area (Å²) in [6, 6.07) is 0.252. The van der Waals surface area contributed by atoms with E-state index in [0.717, 1.165) is 24.9 Å². The van der Waals surface area contributed by atoms with E-state index < -0.39 is 0 Å². The Hall–Kier alpha value is -0.570. The van der Waals surface area contributed by atoms with E-state index >= 15 is 0 Å². The molecule has 0 aromatic heterocycles. The van der Waals surface area contributed by atoms with Gasteiger partial charge in [0, 0.05) is 19.0 Å². The summed E-state index contributed by atoms with van der Waals surface area (Å²) in [5.74, 6) is 1.96. The van der Waals surface area contributed by atoms with Gasteiger partial charge in [0.25, 0.3) is 0 Å². The third-order valence-electron chi connectivity index (χ3n) is 3.96. The average Bonchev–Trinajstić information content (AvgIpc) is 2.34. The van der Waals surface area contributed by atoms with Crippen LogP contribution < -0.4 is 10.6 Å². The number of nitrogens with one attached hydrogen (secondary N) is 2. The Bertz CT molecular complexity index is 233. The summed E-state index contributed by atoms with van der Waals surface area (Å²) in [6.07, 6.45) is 7.47. The van der Waals surface area contributed by atoms with E-state index in [1.165, 1.54) is 32.1 Å². The van der Waals surface area contributed by atoms with Crippen molar-refractivity contribution in [1.29, 1.82) is 0 Å². The molecule has 1 aliphatic carbocycles. The second kappa shape index (κ2) is 8.52. The molecule has 106 valence electrons. The number of hydrogen-bond acceptors (Lipinski definition) is 2. The highest BCUT2D eigenvalue weighted by Gasteiger charge is 2.19. The number of amides is 1. The summed E-state index contributed by atoms with van der Waals surface area (Å²) in [5.41, 5.74) is 0. The summed E-state index contributed by atoms with van der Waals surface area (Å²) < 4.78 is 0.